The van der Waals surface area contributed by atoms with Crippen molar-refractivity contribution in [2.24, 2.45) is 0 Å². The number of aryl methyl sites for hydroxylation is 1. The molecule has 3 rings (SSSR count). The molecule has 0 heterocycles. The van der Waals surface area contributed by atoms with Crippen molar-refractivity contribution in [2.45, 2.75) is 25.9 Å². The SMILES string of the molecule is COc1cc([N+](=O)[O-])ccc1NC(=O)[C@@H](C)[NH2+][C@H](c1ccccc1)c1ccc(C)cc1. The smallest absolute Gasteiger partial charge is 0.282 e. The van der Waals surface area contributed by atoms with Gasteiger partial charge < -0.3 is 15.4 Å². The standard InChI is InChI=1S/C24H25N3O4/c1-16-9-11-19(12-10-16)23(18-7-5-4-6-8-18)25-17(2)24(28)26-21-14-13-20(27(29)30)15-22(21)31-3/h4-15,17,23,25H,1-3H3,(H,26,28)/p+1/t17-,23-/m1/s1. The fourth-order valence-corrected chi connectivity index (χ4v) is 3.37. The first-order valence-electron chi connectivity index (χ1n) is 9.99. The van der Waals surface area contributed by atoms with Gasteiger partial charge in [0.1, 0.15) is 11.8 Å². The molecule has 3 aromatic rings. The van der Waals surface area contributed by atoms with Gasteiger partial charge in [0.25, 0.3) is 11.6 Å². The van der Waals surface area contributed by atoms with Crippen LogP contribution in [0.5, 0.6) is 5.75 Å². The number of hydrogen-bond donors (Lipinski definition) is 2. The number of nitro groups is 1. The molecule has 0 aliphatic carbocycles. The summed E-state index contributed by atoms with van der Waals surface area (Å²) in [5.74, 6) is 0.0214. The summed E-state index contributed by atoms with van der Waals surface area (Å²) < 4.78 is 5.22. The van der Waals surface area contributed by atoms with E-state index in [1.165, 1.54) is 30.9 Å². The monoisotopic (exact) mass is 420 g/mol. The van der Waals surface area contributed by atoms with Crippen molar-refractivity contribution in [3.05, 3.63) is 99.6 Å². The van der Waals surface area contributed by atoms with Gasteiger partial charge in [0.15, 0.2) is 6.04 Å². The number of carbonyl (C=O) groups excluding carboxylic acids is 1. The van der Waals surface area contributed by atoms with Crippen LogP contribution in [0.15, 0.2) is 72.8 Å². The first-order valence-corrected chi connectivity index (χ1v) is 9.99. The Hall–Kier alpha value is -3.71. The van der Waals surface area contributed by atoms with E-state index in [1.807, 2.05) is 49.5 Å². The Labute approximate surface area is 181 Å². The van der Waals surface area contributed by atoms with E-state index in [0.29, 0.717) is 5.69 Å². The van der Waals surface area contributed by atoms with Gasteiger partial charge in [-0.3, -0.25) is 14.9 Å². The van der Waals surface area contributed by atoms with Gasteiger partial charge >= 0.3 is 0 Å². The highest BCUT2D eigenvalue weighted by molar-refractivity contribution is 5.95. The second-order valence-corrected chi connectivity index (χ2v) is 7.41. The van der Waals surface area contributed by atoms with Gasteiger partial charge in [-0.2, -0.15) is 0 Å². The zero-order valence-corrected chi connectivity index (χ0v) is 17.7. The van der Waals surface area contributed by atoms with Crippen LogP contribution < -0.4 is 15.4 Å². The molecule has 31 heavy (non-hydrogen) atoms. The molecule has 0 fully saturated rings. The topological polar surface area (TPSA) is 98.1 Å². The molecule has 2 atom stereocenters. The third-order valence-corrected chi connectivity index (χ3v) is 5.14. The van der Waals surface area contributed by atoms with Gasteiger partial charge in [0.05, 0.1) is 23.8 Å². The van der Waals surface area contributed by atoms with Crippen molar-refractivity contribution < 1.29 is 19.8 Å². The lowest BCUT2D eigenvalue weighted by Crippen LogP contribution is -2.92. The maximum absolute atomic E-state index is 12.9. The van der Waals surface area contributed by atoms with Gasteiger partial charge in [0, 0.05) is 17.2 Å². The Balaban J connectivity index is 1.80. The third kappa shape index (κ3) is 5.46. The molecule has 3 N–H and O–H groups in total. The number of nitrogens with one attached hydrogen (secondary N) is 1. The number of carbonyl (C=O) groups is 1. The van der Waals surface area contributed by atoms with Crippen molar-refractivity contribution in [3.63, 3.8) is 0 Å². The number of rotatable bonds is 8. The Kier molecular flexibility index (Phi) is 6.99. The van der Waals surface area contributed by atoms with E-state index in [-0.39, 0.29) is 23.4 Å². The second kappa shape index (κ2) is 9.86. The molecule has 7 nitrogen and oxygen atoms in total. The van der Waals surface area contributed by atoms with Crippen LogP contribution >= 0.6 is 0 Å². The minimum absolute atomic E-state index is 0.0543. The van der Waals surface area contributed by atoms with Gasteiger partial charge in [-0.15, -0.1) is 0 Å². The molecule has 160 valence electrons. The van der Waals surface area contributed by atoms with E-state index in [2.05, 4.69) is 29.6 Å². The van der Waals surface area contributed by atoms with E-state index in [4.69, 9.17) is 4.74 Å². The lowest BCUT2D eigenvalue weighted by Gasteiger charge is -2.21. The predicted octanol–water partition coefficient (Wildman–Crippen LogP) is 3.59. The molecule has 0 unspecified atom stereocenters. The van der Waals surface area contributed by atoms with E-state index >= 15 is 0 Å². The fourth-order valence-electron chi connectivity index (χ4n) is 3.37. The Bertz CT molecular complexity index is 1050. The highest BCUT2D eigenvalue weighted by Crippen LogP contribution is 2.29. The summed E-state index contributed by atoms with van der Waals surface area (Å²) in [4.78, 5) is 23.4. The zero-order chi connectivity index (χ0) is 22.4. The third-order valence-electron chi connectivity index (χ3n) is 5.14. The van der Waals surface area contributed by atoms with Gasteiger partial charge in [-0.1, -0.05) is 60.2 Å². The first-order chi connectivity index (χ1) is 14.9. The number of hydrogen-bond acceptors (Lipinski definition) is 4. The highest BCUT2D eigenvalue weighted by atomic mass is 16.6. The molecule has 0 spiro atoms. The molecule has 7 heteroatoms. The van der Waals surface area contributed by atoms with E-state index in [9.17, 15) is 14.9 Å². The normalized spacial score (nSPS) is 12.6. The van der Waals surface area contributed by atoms with Crippen LogP contribution in [0.3, 0.4) is 0 Å². The molecule has 0 aliphatic heterocycles. The summed E-state index contributed by atoms with van der Waals surface area (Å²) in [6.45, 7) is 3.87. The molecule has 0 saturated heterocycles. The molecule has 0 saturated carbocycles. The molecule has 0 aromatic heterocycles. The van der Waals surface area contributed by atoms with E-state index < -0.39 is 11.0 Å². The molecular weight excluding hydrogens is 394 g/mol. The van der Waals surface area contributed by atoms with Crippen molar-refractivity contribution in [1.82, 2.24) is 0 Å². The fraction of sp³-hybridized carbons (Fsp3) is 0.208. The average molecular weight is 420 g/mol. The average Bonchev–Trinajstić information content (AvgIpc) is 2.78. The number of non-ortho nitro benzene ring substituents is 1. The maximum Gasteiger partial charge on any atom is 0.282 e. The highest BCUT2D eigenvalue weighted by Gasteiger charge is 2.25. The minimum atomic E-state index is -0.503. The zero-order valence-electron chi connectivity index (χ0n) is 17.7. The second-order valence-electron chi connectivity index (χ2n) is 7.41. The molecule has 3 aromatic carbocycles. The van der Waals surface area contributed by atoms with Crippen LogP contribution in [-0.2, 0) is 4.79 Å². The minimum Gasteiger partial charge on any atom is -0.494 e. The number of nitrogens with zero attached hydrogens (tertiary/aromatic N) is 1. The summed E-state index contributed by atoms with van der Waals surface area (Å²) in [7, 11) is 1.41. The lowest BCUT2D eigenvalue weighted by atomic mass is 9.97. The number of ether oxygens (including phenoxy) is 1. The van der Waals surface area contributed by atoms with Gasteiger partial charge in [-0.25, -0.2) is 0 Å². The lowest BCUT2D eigenvalue weighted by molar-refractivity contribution is -0.704. The number of methoxy groups -OCH3 is 1. The van der Waals surface area contributed by atoms with Crippen LogP contribution in [-0.4, -0.2) is 24.0 Å². The van der Waals surface area contributed by atoms with Gasteiger partial charge in [0.2, 0.25) is 0 Å². The molecule has 0 bridgehead atoms. The number of anilines is 1. The first kappa shape index (κ1) is 22.0. The van der Waals surface area contributed by atoms with Crippen LogP contribution in [0.2, 0.25) is 0 Å². The summed E-state index contributed by atoms with van der Waals surface area (Å²) in [5, 5.41) is 15.8. The van der Waals surface area contributed by atoms with Crippen molar-refractivity contribution >= 4 is 17.3 Å². The summed E-state index contributed by atoms with van der Waals surface area (Å²) >= 11 is 0. The van der Waals surface area contributed by atoms with Crippen LogP contribution in [0.25, 0.3) is 0 Å². The number of benzene rings is 3. The Morgan fingerprint density at radius 1 is 1.03 bits per heavy atom. The predicted molar refractivity (Wildman–Crippen MR) is 119 cm³/mol. The van der Waals surface area contributed by atoms with Crippen LogP contribution in [0, 0.1) is 17.0 Å². The van der Waals surface area contributed by atoms with Crippen molar-refractivity contribution in [2.75, 3.05) is 12.4 Å². The van der Waals surface area contributed by atoms with Crippen LogP contribution in [0.1, 0.15) is 29.7 Å². The molecule has 0 aliphatic rings. The number of nitrogens with two attached hydrogens (primary N) is 1. The van der Waals surface area contributed by atoms with Gasteiger partial charge in [-0.05, 0) is 19.9 Å². The largest absolute Gasteiger partial charge is 0.494 e. The Morgan fingerprint density at radius 2 is 1.68 bits per heavy atom. The van der Waals surface area contributed by atoms with E-state index in [1.54, 1.807) is 0 Å². The Morgan fingerprint density at radius 3 is 2.29 bits per heavy atom. The summed E-state index contributed by atoms with van der Waals surface area (Å²) in [5.41, 5.74) is 3.66. The van der Waals surface area contributed by atoms with Crippen molar-refractivity contribution in [3.8, 4) is 5.75 Å². The molecular formula is C24H26N3O4+. The number of nitro benzene ring substituents is 1. The van der Waals surface area contributed by atoms with Crippen LogP contribution in [0.4, 0.5) is 11.4 Å². The quantitative estimate of drug-likeness (QED) is 0.430. The number of amides is 1. The summed E-state index contributed by atoms with van der Waals surface area (Å²) in [6.07, 6.45) is 0. The molecule has 0 radical (unpaired) electrons. The van der Waals surface area contributed by atoms with E-state index in [0.717, 1.165) is 11.1 Å². The summed E-state index contributed by atoms with van der Waals surface area (Å²) in [6, 6.07) is 21.9. The molecule has 1 amide bonds. The maximum atomic E-state index is 12.9. The van der Waals surface area contributed by atoms with Crippen molar-refractivity contribution in [1.29, 1.82) is 0 Å². The number of quaternary nitrogens is 1.